The number of benzene rings is 2. The Morgan fingerprint density at radius 2 is 1.45 bits per heavy atom. The second-order valence-corrected chi connectivity index (χ2v) is 15.0. The zero-order chi connectivity index (χ0) is 41.0. The minimum atomic E-state index is -1.18. The van der Waals surface area contributed by atoms with Gasteiger partial charge in [0.25, 0.3) is 0 Å². The van der Waals surface area contributed by atoms with Crippen LogP contribution in [0, 0.1) is 0 Å². The van der Waals surface area contributed by atoms with Crippen LogP contribution in [0.25, 0.3) is 0 Å². The van der Waals surface area contributed by atoms with Crippen LogP contribution in [0.3, 0.4) is 0 Å². The van der Waals surface area contributed by atoms with E-state index in [4.69, 9.17) is 33.2 Å². The second kappa shape index (κ2) is 23.6. The number of carboxylic acids is 1. The van der Waals surface area contributed by atoms with Crippen molar-refractivity contribution in [2.75, 3.05) is 26.4 Å². The quantitative estimate of drug-likeness (QED) is 0.105. The van der Waals surface area contributed by atoms with Gasteiger partial charge in [-0.1, -0.05) is 60.7 Å². The van der Waals surface area contributed by atoms with Gasteiger partial charge < -0.3 is 54.0 Å². The molecular formula is C40H60N2O13. The predicted molar refractivity (Wildman–Crippen MR) is 202 cm³/mol. The largest absolute Gasteiger partial charge is 0.480 e. The minimum absolute atomic E-state index is 0.0553. The van der Waals surface area contributed by atoms with Crippen LogP contribution in [-0.4, -0.2) is 108 Å². The molecule has 1 saturated heterocycles. The summed E-state index contributed by atoms with van der Waals surface area (Å²) >= 11 is 0. The first-order valence-corrected chi connectivity index (χ1v) is 18.4. The number of esters is 1. The number of cyclic esters (lactones) is 1. The number of ether oxygens (including phenoxy) is 7. The first-order chi connectivity index (χ1) is 25.8. The first kappa shape index (κ1) is 46.9. The van der Waals surface area contributed by atoms with Crippen molar-refractivity contribution in [2.24, 2.45) is 0 Å². The molecule has 0 aromatic heterocycles. The Hall–Kier alpha value is -4.28. The number of aliphatic hydroxyl groups is 1. The molecule has 2 amide bonds. The fourth-order valence-corrected chi connectivity index (χ4v) is 4.75. The summed E-state index contributed by atoms with van der Waals surface area (Å²) in [5, 5.41) is 23.9. The zero-order valence-electron chi connectivity index (χ0n) is 33.3. The summed E-state index contributed by atoms with van der Waals surface area (Å²) in [5.41, 5.74) is 0.637. The van der Waals surface area contributed by atoms with E-state index in [9.17, 15) is 29.4 Å². The molecule has 15 heteroatoms. The van der Waals surface area contributed by atoms with E-state index in [2.05, 4.69) is 10.6 Å². The van der Waals surface area contributed by atoms with Crippen molar-refractivity contribution >= 4 is 24.1 Å². The molecule has 2 aromatic carbocycles. The van der Waals surface area contributed by atoms with Crippen molar-refractivity contribution in [2.45, 2.75) is 129 Å². The number of hydrogen-bond acceptors (Lipinski definition) is 12. The zero-order valence-corrected chi connectivity index (χ0v) is 33.3. The summed E-state index contributed by atoms with van der Waals surface area (Å²) < 4.78 is 38.4. The standard InChI is InChI=1S/C20H31NO7.C20H29NO6/c1-14(22)17(27-12-15-8-6-5-7-9-15)13-26-11-10-16(18(23)24)21-19(25)28-20(2,3)4;1-14-17(25-12-15-8-6-5-7-9-15)13-24-11-10-16(18(22)26-14)21-19(23)27-20(2,3)4/h5-9,14,16-17,22H,10-13H2,1-4H3,(H,21,25)(H,23,24);5-9,14,16-17H,10-13H2,1-4H3,(H,21,23)/t2*14-,16-,17+/m00/s1. The van der Waals surface area contributed by atoms with Gasteiger partial charge >= 0.3 is 24.1 Å². The third-order valence-electron chi connectivity index (χ3n) is 7.61. The average molecular weight is 777 g/mol. The average Bonchev–Trinajstić information content (AvgIpc) is 3.14. The second-order valence-electron chi connectivity index (χ2n) is 15.0. The van der Waals surface area contributed by atoms with Crippen LogP contribution in [0.4, 0.5) is 9.59 Å². The number of hydrogen-bond donors (Lipinski definition) is 4. The third-order valence-corrected chi connectivity index (χ3v) is 7.61. The molecule has 0 saturated carbocycles. The highest BCUT2D eigenvalue weighted by atomic mass is 16.6. The molecule has 0 bridgehead atoms. The molecule has 2 aromatic rings. The van der Waals surface area contributed by atoms with E-state index in [0.29, 0.717) is 32.8 Å². The maximum atomic E-state index is 12.4. The number of alkyl carbamates (subject to hydrolysis) is 2. The molecule has 1 fully saturated rings. The molecule has 0 aliphatic carbocycles. The van der Waals surface area contributed by atoms with Gasteiger partial charge in [-0.05, 0) is 66.5 Å². The topological polar surface area (TPSA) is 197 Å². The maximum absolute atomic E-state index is 12.4. The van der Waals surface area contributed by atoms with Crippen molar-refractivity contribution in [3.8, 4) is 0 Å². The molecule has 0 unspecified atom stereocenters. The van der Waals surface area contributed by atoms with Gasteiger partial charge in [-0.3, -0.25) is 0 Å². The highest BCUT2D eigenvalue weighted by Crippen LogP contribution is 2.15. The van der Waals surface area contributed by atoms with E-state index >= 15 is 0 Å². The predicted octanol–water partition coefficient (Wildman–Crippen LogP) is 5.15. The summed E-state index contributed by atoms with van der Waals surface area (Å²) in [7, 11) is 0. The van der Waals surface area contributed by atoms with E-state index in [-0.39, 0.29) is 19.6 Å². The normalized spacial score (nSPS) is 19.4. The van der Waals surface area contributed by atoms with Crippen LogP contribution >= 0.6 is 0 Å². The molecule has 4 N–H and O–H groups in total. The number of carbonyl (C=O) groups is 4. The number of rotatable bonds is 15. The highest BCUT2D eigenvalue weighted by molar-refractivity contribution is 5.81. The van der Waals surface area contributed by atoms with Crippen molar-refractivity contribution in [3.63, 3.8) is 0 Å². The van der Waals surface area contributed by atoms with Crippen molar-refractivity contribution in [1.29, 1.82) is 0 Å². The lowest BCUT2D eigenvalue weighted by Crippen LogP contribution is -2.46. The molecule has 308 valence electrons. The van der Waals surface area contributed by atoms with E-state index in [1.165, 1.54) is 0 Å². The molecular weight excluding hydrogens is 716 g/mol. The van der Waals surface area contributed by atoms with Gasteiger partial charge in [0.2, 0.25) is 0 Å². The van der Waals surface area contributed by atoms with Crippen LogP contribution < -0.4 is 10.6 Å². The van der Waals surface area contributed by atoms with Crippen LogP contribution in [0.5, 0.6) is 0 Å². The first-order valence-electron chi connectivity index (χ1n) is 18.4. The van der Waals surface area contributed by atoms with Gasteiger partial charge in [0.15, 0.2) is 0 Å². The smallest absolute Gasteiger partial charge is 0.408 e. The summed E-state index contributed by atoms with van der Waals surface area (Å²) in [6, 6.07) is 17.3. The highest BCUT2D eigenvalue weighted by Gasteiger charge is 2.31. The molecule has 0 radical (unpaired) electrons. The molecule has 1 aliphatic heterocycles. The Balaban J connectivity index is 0.000000380. The Labute approximate surface area is 324 Å². The van der Waals surface area contributed by atoms with Crippen LogP contribution in [0.15, 0.2) is 60.7 Å². The van der Waals surface area contributed by atoms with Crippen molar-refractivity contribution < 1.29 is 62.5 Å². The molecule has 15 nitrogen and oxygen atoms in total. The minimum Gasteiger partial charge on any atom is -0.480 e. The Kier molecular flexibility index (Phi) is 20.1. The number of aliphatic hydroxyl groups excluding tert-OH is 1. The molecule has 3 rings (SSSR count). The summed E-state index contributed by atoms with van der Waals surface area (Å²) in [6.07, 6.45) is -3.31. The number of amides is 2. The van der Waals surface area contributed by atoms with Crippen molar-refractivity contribution in [1.82, 2.24) is 10.6 Å². The van der Waals surface area contributed by atoms with Gasteiger partial charge in [0.05, 0.1) is 32.5 Å². The van der Waals surface area contributed by atoms with Crippen LogP contribution in [0.1, 0.15) is 79.4 Å². The van der Waals surface area contributed by atoms with E-state index in [1.807, 2.05) is 60.7 Å². The molecule has 1 aliphatic rings. The lowest BCUT2D eigenvalue weighted by molar-refractivity contribution is -0.160. The lowest BCUT2D eigenvalue weighted by atomic mass is 10.2. The van der Waals surface area contributed by atoms with E-state index in [0.717, 1.165) is 11.1 Å². The van der Waals surface area contributed by atoms with Crippen molar-refractivity contribution in [3.05, 3.63) is 71.8 Å². The molecule has 1 heterocycles. The van der Waals surface area contributed by atoms with E-state index < -0.39 is 71.8 Å². The Bertz CT molecular complexity index is 1430. The fraction of sp³-hybridized carbons (Fsp3) is 0.600. The number of carboxylic acid groups (broad SMARTS) is 1. The number of nitrogens with one attached hydrogen (secondary N) is 2. The summed E-state index contributed by atoms with van der Waals surface area (Å²) in [5.74, 6) is -1.70. The lowest BCUT2D eigenvalue weighted by Gasteiger charge is -2.25. The van der Waals surface area contributed by atoms with E-state index in [1.54, 1.807) is 55.4 Å². The van der Waals surface area contributed by atoms with Gasteiger partial charge in [-0.2, -0.15) is 0 Å². The summed E-state index contributed by atoms with van der Waals surface area (Å²) in [4.78, 5) is 47.4. The van der Waals surface area contributed by atoms with Gasteiger partial charge in [0.1, 0.15) is 41.6 Å². The van der Waals surface area contributed by atoms with Crippen LogP contribution in [0.2, 0.25) is 0 Å². The number of carbonyl (C=O) groups excluding carboxylic acids is 3. The van der Waals surface area contributed by atoms with Gasteiger partial charge in [-0.15, -0.1) is 0 Å². The number of aliphatic carboxylic acids is 1. The Morgan fingerprint density at radius 1 is 0.891 bits per heavy atom. The third kappa shape index (κ3) is 20.8. The molecule has 55 heavy (non-hydrogen) atoms. The molecule has 0 spiro atoms. The fourth-order valence-electron chi connectivity index (χ4n) is 4.75. The maximum Gasteiger partial charge on any atom is 0.408 e. The SMILES string of the molecule is C[C@@H]1OC(=O)[C@@H](NC(=O)OC(C)(C)C)CCOC[C@H]1OCc1ccccc1.C[C@H](O)[C@@H](COCC[C@H](NC(=O)OC(C)(C)C)C(=O)O)OCc1ccccc1. The van der Waals surface area contributed by atoms with Crippen LogP contribution in [-0.2, 0) is 56.0 Å². The van der Waals surface area contributed by atoms with Gasteiger partial charge in [0, 0.05) is 26.1 Å². The summed E-state index contributed by atoms with van der Waals surface area (Å²) in [6.45, 7) is 15.2. The monoisotopic (exact) mass is 776 g/mol. The molecule has 6 atom stereocenters. The Morgan fingerprint density at radius 3 is 2.00 bits per heavy atom. The van der Waals surface area contributed by atoms with Gasteiger partial charge in [-0.25, -0.2) is 19.2 Å².